The van der Waals surface area contributed by atoms with Crippen molar-refractivity contribution in [3.8, 4) is 0 Å². The van der Waals surface area contributed by atoms with E-state index in [1.807, 2.05) is 30.3 Å². The Labute approximate surface area is 155 Å². The fourth-order valence-electron chi connectivity index (χ4n) is 2.28. The summed E-state index contributed by atoms with van der Waals surface area (Å²) in [6.07, 6.45) is 0.314. The third-order valence-electron chi connectivity index (χ3n) is 3.61. The molecule has 1 N–H and O–H groups in total. The highest BCUT2D eigenvalue weighted by atomic mass is 35.5. The number of ketones is 1. The van der Waals surface area contributed by atoms with E-state index in [2.05, 4.69) is 5.32 Å². The van der Waals surface area contributed by atoms with E-state index >= 15 is 0 Å². The minimum Gasteiger partial charge on any atom is -0.452 e. The first-order valence-electron chi connectivity index (χ1n) is 7.83. The minimum atomic E-state index is -1.05. The number of ether oxygens (including phenoxy) is 1. The Morgan fingerprint density at radius 2 is 1.81 bits per heavy atom. The number of amides is 1. The molecule has 0 spiro atoms. The van der Waals surface area contributed by atoms with Gasteiger partial charge in [-0.3, -0.25) is 9.59 Å². The van der Waals surface area contributed by atoms with Gasteiger partial charge in [0.05, 0.1) is 11.1 Å². The van der Waals surface area contributed by atoms with Crippen LogP contribution in [0.2, 0.25) is 5.02 Å². The largest absolute Gasteiger partial charge is 0.452 e. The molecular weight excluding hydrogens is 361 g/mol. The number of esters is 1. The van der Waals surface area contributed by atoms with Gasteiger partial charge in [-0.2, -0.15) is 0 Å². The van der Waals surface area contributed by atoms with E-state index in [4.69, 9.17) is 16.3 Å². The number of carbonyl (C=O) groups excluding carboxylic acids is 3. The van der Waals surface area contributed by atoms with Crippen LogP contribution in [0.4, 0.5) is 4.39 Å². The Hall–Kier alpha value is -2.73. The van der Waals surface area contributed by atoms with Crippen LogP contribution < -0.4 is 5.32 Å². The lowest BCUT2D eigenvalue weighted by molar-refractivity contribution is -0.128. The first kappa shape index (κ1) is 19.6. The van der Waals surface area contributed by atoms with Crippen molar-refractivity contribution in [3.63, 3.8) is 0 Å². The van der Waals surface area contributed by atoms with Gasteiger partial charge in [0.2, 0.25) is 0 Å². The van der Waals surface area contributed by atoms with Crippen LogP contribution in [0.3, 0.4) is 0 Å². The van der Waals surface area contributed by atoms with E-state index in [-0.39, 0.29) is 10.8 Å². The Morgan fingerprint density at radius 3 is 2.42 bits per heavy atom. The van der Waals surface area contributed by atoms with Crippen LogP contribution in [0.1, 0.15) is 22.8 Å². The second-order valence-electron chi connectivity index (χ2n) is 5.59. The SMILES string of the molecule is CC(=O)[C@H](Cc1ccccc1)NC(=O)COC(=O)c1c(F)cccc1Cl. The molecule has 136 valence electrons. The molecule has 0 unspecified atom stereocenters. The van der Waals surface area contributed by atoms with Crippen molar-refractivity contribution in [2.24, 2.45) is 0 Å². The molecule has 0 aliphatic carbocycles. The number of hydrogen-bond acceptors (Lipinski definition) is 4. The maximum atomic E-state index is 13.7. The van der Waals surface area contributed by atoms with Gasteiger partial charge < -0.3 is 10.1 Å². The van der Waals surface area contributed by atoms with Crippen LogP contribution in [-0.4, -0.2) is 30.3 Å². The van der Waals surface area contributed by atoms with Crippen molar-refractivity contribution in [3.05, 3.63) is 70.5 Å². The topological polar surface area (TPSA) is 72.5 Å². The predicted octanol–water partition coefficient (Wildman–Crippen LogP) is 2.95. The normalized spacial score (nSPS) is 11.5. The highest BCUT2D eigenvalue weighted by Crippen LogP contribution is 2.19. The lowest BCUT2D eigenvalue weighted by Gasteiger charge is -2.16. The van der Waals surface area contributed by atoms with E-state index in [1.165, 1.54) is 19.1 Å². The molecule has 1 atom stereocenters. The lowest BCUT2D eigenvalue weighted by Crippen LogP contribution is -2.43. The number of carbonyl (C=O) groups is 3. The van der Waals surface area contributed by atoms with Crippen molar-refractivity contribution in [1.82, 2.24) is 5.32 Å². The average Bonchev–Trinajstić information content (AvgIpc) is 2.60. The summed E-state index contributed by atoms with van der Waals surface area (Å²) in [5.41, 5.74) is 0.442. The molecule has 2 rings (SSSR count). The van der Waals surface area contributed by atoms with Crippen molar-refractivity contribution >= 4 is 29.3 Å². The van der Waals surface area contributed by atoms with Crippen LogP contribution in [0.15, 0.2) is 48.5 Å². The summed E-state index contributed by atoms with van der Waals surface area (Å²) in [5, 5.41) is 2.40. The molecule has 1 amide bonds. The number of Topliss-reactive ketones (excluding diaryl/α,β-unsaturated/α-hetero) is 1. The number of halogens is 2. The van der Waals surface area contributed by atoms with Crippen LogP contribution >= 0.6 is 11.6 Å². The minimum absolute atomic E-state index is 0.110. The van der Waals surface area contributed by atoms with Gasteiger partial charge in [-0.1, -0.05) is 48.0 Å². The summed E-state index contributed by atoms with van der Waals surface area (Å²) in [5.74, 6) is -2.79. The van der Waals surface area contributed by atoms with E-state index in [0.717, 1.165) is 11.6 Å². The molecule has 0 saturated heterocycles. The zero-order valence-electron chi connectivity index (χ0n) is 14.0. The van der Waals surface area contributed by atoms with Crippen LogP contribution in [0, 0.1) is 5.82 Å². The number of nitrogens with one attached hydrogen (secondary N) is 1. The second kappa shape index (κ2) is 9.10. The molecule has 0 saturated carbocycles. The summed E-state index contributed by atoms with van der Waals surface area (Å²) < 4.78 is 18.4. The third-order valence-corrected chi connectivity index (χ3v) is 3.92. The monoisotopic (exact) mass is 377 g/mol. The van der Waals surface area contributed by atoms with Crippen molar-refractivity contribution in [2.75, 3.05) is 6.61 Å². The first-order chi connectivity index (χ1) is 12.4. The maximum Gasteiger partial charge on any atom is 0.343 e. The molecule has 5 nitrogen and oxygen atoms in total. The maximum absolute atomic E-state index is 13.7. The molecule has 26 heavy (non-hydrogen) atoms. The van der Waals surface area contributed by atoms with Crippen molar-refractivity contribution < 1.29 is 23.5 Å². The van der Waals surface area contributed by atoms with Gasteiger partial charge in [-0.15, -0.1) is 0 Å². The van der Waals surface area contributed by atoms with Gasteiger partial charge in [-0.25, -0.2) is 9.18 Å². The zero-order chi connectivity index (χ0) is 19.1. The fraction of sp³-hybridized carbons (Fsp3) is 0.211. The highest BCUT2D eigenvalue weighted by molar-refractivity contribution is 6.33. The molecule has 2 aromatic rings. The second-order valence-corrected chi connectivity index (χ2v) is 6.00. The van der Waals surface area contributed by atoms with Gasteiger partial charge in [0.1, 0.15) is 11.4 Å². The van der Waals surface area contributed by atoms with E-state index < -0.39 is 35.9 Å². The molecule has 0 heterocycles. The van der Waals surface area contributed by atoms with Crippen molar-refractivity contribution in [2.45, 2.75) is 19.4 Å². The Kier molecular flexibility index (Phi) is 6.86. The molecule has 0 fully saturated rings. The van der Waals surface area contributed by atoms with Gasteiger partial charge in [-0.05, 0) is 31.0 Å². The quantitative estimate of drug-likeness (QED) is 0.753. The highest BCUT2D eigenvalue weighted by Gasteiger charge is 2.21. The summed E-state index contributed by atoms with van der Waals surface area (Å²) in [4.78, 5) is 35.6. The lowest BCUT2D eigenvalue weighted by atomic mass is 10.0. The molecular formula is C19H17ClFNO4. The van der Waals surface area contributed by atoms with E-state index in [0.29, 0.717) is 6.42 Å². The Bertz CT molecular complexity index is 790. The Balaban J connectivity index is 1.94. The first-order valence-corrected chi connectivity index (χ1v) is 8.21. The molecule has 0 radical (unpaired) electrons. The number of benzene rings is 2. The summed E-state index contributed by atoms with van der Waals surface area (Å²) in [6.45, 7) is 0.709. The van der Waals surface area contributed by atoms with E-state index in [1.54, 1.807) is 0 Å². The van der Waals surface area contributed by atoms with Crippen molar-refractivity contribution in [1.29, 1.82) is 0 Å². The van der Waals surface area contributed by atoms with Crippen LogP contribution in [0.5, 0.6) is 0 Å². The smallest absolute Gasteiger partial charge is 0.343 e. The number of hydrogen-bond donors (Lipinski definition) is 1. The standard InChI is InChI=1S/C19H17ClFNO4/c1-12(23)16(10-13-6-3-2-4-7-13)22-17(24)11-26-19(25)18-14(20)8-5-9-15(18)21/h2-9,16H,10-11H2,1H3,(H,22,24)/t16-/m0/s1. The Morgan fingerprint density at radius 1 is 1.12 bits per heavy atom. The molecule has 7 heteroatoms. The molecule has 0 bridgehead atoms. The average molecular weight is 378 g/mol. The third kappa shape index (κ3) is 5.39. The molecule has 2 aromatic carbocycles. The van der Waals surface area contributed by atoms with Crippen LogP contribution in [-0.2, 0) is 20.7 Å². The van der Waals surface area contributed by atoms with Gasteiger partial charge in [0, 0.05) is 0 Å². The summed E-state index contributed by atoms with van der Waals surface area (Å²) in [7, 11) is 0. The zero-order valence-corrected chi connectivity index (χ0v) is 14.8. The molecule has 0 aliphatic rings. The predicted molar refractivity (Wildman–Crippen MR) is 94.5 cm³/mol. The van der Waals surface area contributed by atoms with Crippen LogP contribution in [0.25, 0.3) is 0 Å². The van der Waals surface area contributed by atoms with Gasteiger partial charge >= 0.3 is 5.97 Å². The molecule has 0 aliphatic heterocycles. The van der Waals surface area contributed by atoms with E-state index in [9.17, 15) is 18.8 Å². The van der Waals surface area contributed by atoms with Gasteiger partial charge in [0.25, 0.3) is 5.91 Å². The number of rotatable bonds is 7. The summed E-state index contributed by atoms with van der Waals surface area (Å²) >= 11 is 5.77. The summed E-state index contributed by atoms with van der Waals surface area (Å²) in [6, 6.07) is 12.2. The molecule has 0 aromatic heterocycles. The fourth-order valence-corrected chi connectivity index (χ4v) is 2.52. The van der Waals surface area contributed by atoms with Gasteiger partial charge in [0.15, 0.2) is 12.4 Å².